The molecule has 0 aliphatic heterocycles. The van der Waals surface area contributed by atoms with Crippen molar-refractivity contribution in [2.45, 2.75) is 19.5 Å². The fourth-order valence-corrected chi connectivity index (χ4v) is 2.83. The van der Waals surface area contributed by atoms with Crippen molar-refractivity contribution in [2.75, 3.05) is 13.1 Å². The Labute approximate surface area is 130 Å². The summed E-state index contributed by atoms with van der Waals surface area (Å²) >= 11 is 6.18. The Hall–Kier alpha value is -1.42. The Bertz CT molecular complexity index is 554. The number of rotatable bonds is 6. The molecular formula is C17H20ClFN2. The Morgan fingerprint density at radius 3 is 2.43 bits per heavy atom. The summed E-state index contributed by atoms with van der Waals surface area (Å²) in [4.78, 5) is 2.14. The molecule has 2 rings (SSSR count). The normalized spacial score (nSPS) is 12.6. The summed E-state index contributed by atoms with van der Waals surface area (Å²) in [5.74, 6) is -0.301. The number of benzene rings is 2. The van der Waals surface area contributed by atoms with Gasteiger partial charge in [0.25, 0.3) is 0 Å². The number of likely N-dealkylation sites (N-methyl/N-ethyl adjacent to an activating group) is 1. The van der Waals surface area contributed by atoms with E-state index in [1.165, 1.54) is 11.6 Å². The first kappa shape index (κ1) is 16.0. The van der Waals surface area contributed by atoms with Crippen LogP contribution in [0, 0.1) is 5.82 Å². The molecule has 2 aromatic carbocycles. The molecule has 0 saturated heterocycles. The zero-order valence-corrected chi connectivity index (χ0v) is 12.9. The summed E-state index contributed by atoms with van der Waals surface area (Å²) in [7, 11) is 0. The minimum atomic E-state index is -0.301. The Balaban J connectivity index is 2.29. The first-order valence-corrected chi connectivity index (χ1v) is 7.47. The van der Waals surface area contributed by atoms with Crippen molar-refractivity contribution in [3.63, 3.8) is 0 Å². The van der Waals surface area contributed by atoms with Gasteiger partial charge in [0.1, 0.15) is 5.82 Å². The van der Waals surface area contributed by atoms with E-state index in [2.05, 4.69) is 17.0 Å². The van der Waals surface area contributed by atoms with Crippen molar-refractivity contribution in [1.82, 2.24) is 4.90 Å². The van der Waals surface area contributed by atoms with Gasteiger partial charge >= 0.3 is 0 Å². The van der Waals surface area contributed by atoms with Crippen LogP contribution in [-0.4, -0.2) is 18.0 Å². The minimum absolute atomic E-state index is 0.232. The second kappa shape index (κ2) is 7.55. The van der Waals surface area contributed by atoms with Crippen LogP contribution in [0.15, 0.2) is 48.5 Å². The van der Waals surface area contributed by atoms with Gasteiger partial charge in [0.05, 0.1) is 6.04 Å². The number of halogens is 2. The molecule has 2 aromatic rings. The molecule has 0 amide bonds. The first-order valence-electron chi connectivity index (χ1n) is 7.09. The molecule has 0 bridgehead atoms. The maximum absolute atomic E-state index is 14.2. The average Bonchev–Trinajstić information content (AvgIpc) is 2.50. The maximum atomic E-state index is 14.2. The summed E-state index contributed by atoms with van der Waals surface area (Å²) in [6, 6.07) is 14.6. The van der Waals surface area contributed by atoms with E-state index >= 15 is 0 Å². The van der Waals surface area contributed by atoms with Crippen LogP contribution >= 0.6 is 11.6 Å². The third-order valence-corrected chi connectivity index (χ3v) is 3.96. The van der Waals surface area contributed by atoms with Crippen LogP contribution in [0.3, 0.4) is 0 Å². The van der Waals surface area contributed by atoms with E-state index in [0.717, 1.165) is 6.54 Å². The van der Waals surface area contributed by atoms with Gasteiger partial charge < -0.3 is 5.73 Å². The lowest BCUT2D eigenvalue weighted by atomic mass is 10.0. The van der Waals surface area contributed by atoms with Crippen molar-refractivity contribution in [3.8, 4) is 0 Å². The smallest absolute Gasteiger partial charge is 0.129 e. The summed E-state index contributed by atoms with van der Waals surface area (Å²) in [6.45, 7) is 3.84. The van der Waals surface area contributed by atoms with Crippen LogP contribution < -0.4 is 5.73 Å². The van der Waals surface area contributed by atoms with Gasteiger partial charge in [0, 0.05) is 23.7 Å². The van der Waals surface area contributed by atoms with Crippen LogP contribution in [-0.2, 0) is 6.54 Å². The topological polar surface area (TPSA) is 29.3 Å². The summed E-state index contributed by atoms with van der Waals surface area (Å²) in [6.07, 6.45) is 0. The van der Waals surface area contributed by atoms with Gasteiger partial charge in [-0.2, -0.15) is 0 Å². The van der Waals surface area contributed by atoms with E-state index < -0.39 is 0 Å². The fraction of sp³-hybridized carbons (Fsp3) is 0.294. The monoisotopic (exact) mass is 306 g/mol. The Morgan fingerprint density at radius 2 is 1.86 bits per heavy atom. The molecule has 0 aliphatic carbocycles. The van der Waals surface area contributed by atoms with E-state index in [4.69, 9.17) is 17.3 Å². The average molecular weight is 307 g/mol. The van der Waals surface area contributed by atoms with E-state index in [0.29, 0.717) is 23.7 Å². The molecule has 0 aliphatic rings. The third kappa shape index (κ3) is 3.82. The predicted molar refractivity (Wildman–Crippen MR) is 85.7 cm³/mol. The lowest BCUT2D eigenvalue weighted by Gasteiger charge is -2.31. The van der Waals surface area contributed by atoms with Gasteiger partial charge in [-0.05, 0) is 24.2 Å². The second-order valence-electron chi connectivity index (χ2n) is 4.94. The molecule has 1 unspecified atom stereocenters. The molecule has 4 heteroatoms. The molecule has 2 nitrogen and oxygen atoms in total. The van der Waals surface area contributed by atoms with Crippen molar-refractivity contribution in [3.05, 3.63) is 70.5 Å². The van der Waals surface area contributed by atoms with E-state index in [9.17, 15) is 4.39 Å². The molecule has 21 heavy (non-hydrogen) atoms. The molecule has 112 valence electrons. The highest BCUT2D eigenvalue weighted by atomic mass is 35.5. The first-order chi connectivity index (χ1) is 10.2. The molecule has 0 heterocycles. The second-order valence-corrected chi connectivity index (χ2v) is 5.34. The van der Waals surface area contributed by atoms with Gasteiger partial charge in [-0.25, -0.2) is 4.39 Å². The SMILES string of the molecule is CCN(Cc1ccccc1)C(CN)c1c(F)cccc1Cl. The van der Waals surface area contributed by atoms with Crippen molar-refractivity contribution in [2.24, 2.45) is 5.73 Å². The van der Waals surface area contributed by atoms with Crippen LogP contribution in [0.1, 0.15) is 24.1 Å². The van der Waals surface area contributed by atoms with Crippen molar-refractivity contribution < 1.29 is 4.39 Å². The Kier molecular flexibility index (Phi) is 5.74. The van der Waals surface area contributed by atoms with Crippen molar-refractivity contribution in [1.29, 1.82) is 0 Å². The van der Waals surface area contributed by atoms with Crippen molar-refractivity contribution >= 4 is 11.6 Å². The lowest BCUT2D eigenvalue weighted by molar-refractivity contribution is 0.199. The maximum Gasteiger partial charge on any atom is 0.129 e. The molecule has 0 saturated carbocycles. The standard InChI is InChI=1S/C17H20ClFN2/c1-2-21(12-13-7-4-3-5-8-13)16(11-20)17-14(18)9-6-10-15(17)19/h3-10,16H,2,11-12,20H2,1H3. The van der Waals surface area contributed by atoms with Gasteiger partial charge in [-0.15, -0.1) is 0 Å². The molecule has 1 atom stereocenters. The van der Waals surface area contributed by atoms with Crippen LogP contribution in [0.4, 0.5) is 4.39 Å². The van der Waals surface area contributed by atoms with E-state index in [1.807, 2.05) is 25.1 Å². The van der Waals surface area contributed by atoms with Gasteiger partial charge in [0.15, 0.2) is 0 Å². The fourth-order valence-electron chi connectivity index (χ4n) is 2.54. The number of nitrogens with zero attached hydrogens (tertiary/aromatic N) is 1. The summed E-state index contributed by atoms with van der Waals surface area (Å²) in [5.41, 5.74) is 7.56. The number of hydrogen-bond acceptors (Lipinski definition) is 2. The van der Waals surface area contributed by atoms with Crippen LogP contribution in [0.2, 0.25) is 5.02 Å². The van der Waals surface area contributed by atoms with Gasteiger partial charge in [0.2, 0.25) is 0 Å². The van der Waals surface area contributed by atoms with Crippen LogP contribution in [0.25, 0.3) is 0 Å². The largest absolute Gasteiger partial charge is 0.329 e. The lowest BCUT2D eigenvalue weighted by Crippen LogP contribution is -2.34. The highest BCUT2D eigenvalue weighted by molar-refractivity contribution is 6.31. The Morgan fingerprint density at radius 1 is 1.14 bits per heavy atom. The molecular weight excluding hydrogens is 287 g/mol. The van der Waals surface area contributed by atoms with Gasteiger partial charge in [-0.1, -0.05) is 54.9 Å². The number of hydrogen-bond donors (Lipinski definition) is 1. The molecule has 0 fully saturated rings. The van der Waals surface area contributed by atoms with Crippen LogP contribution in [0.5, 0.6) is 0 Å². The molecule has 0 spiro atoms. The summed E-state index contributed by atoms with van der Waals surface area (Å²) in [5, 5.41) is 0.428. The highest BCUT2D eigenvalue weighted by Gasteiger charge is 2.23. The zero-order valence-electron chi connectivity index (χ0n) is 12.1. The van der Waals surface area contributed by atoms with E-state index in [-0.39, 0.29) is 11.9 Å². The molecule has 0 radical (unpaired) electrons. The minimum Gasteiger partial charge on any atom is -0.329 e. The molecule has 0 aromatic heterocycles. The number of nitrogens with two attached hydrogens (primary N) is 1. The highest BCUT2D eigenvalue weighted by Crippen LogP contribution is 2.30. The zero-order chi connectivity index (χ0) is 15.2. The van der Waals surface area contributed by atoms with Gasteiger partial charge in [-0.3, -0.25) is 4.90 Å². The predicted octanol–water partition coefficient (Wildman–Crippen LogP) is 4.00. The quantitative estimate of drug-likeness (QED) is 0.874. The molecule has 2 N–H and O–H groups in total. The van der Waals surface area contributed by atoms with E-state index in [1.54, 1.807) is 12.1 Å². The summed E-state index contributed by atoms with van der Waals surface area (Å²) < 4.78 is 14.2. The third-order valence-electron chi connectivity index (χ3n) is 3.63.